The summed E-state index contributed by atoms with van der Waals surface area (Å²) >= 11 is 0. The van der Waals surface area contributed by atoms with Crippen LogP contribution in [0.15, 0.2) is 89.3 Å². The smallest absolute Gasteiger partial charge is 0.252 e. The Kier molecular flexibility index (Phi) is 6.83. The number of sulfonamides is 1. The number of hydrogen-bond acceptors (Lipinski definition) is 5. The van der Waals surface area contributed by atoms with Crippen LogP contribution in [-0.2, 0) is 21.4 Å². The number of anilines is 2. The van der Waals surface area contributed by atoms with Gasteiger partial charge in [-0.1, -0.05) is 54.6 Å². The maximum Gasteiger partial charge on any atom is 0.252 e. The topological polar surface area (TPSA) is 95.7 Å². The van der Waals surface area contributed by atoms with Crippen molar-refractivity contribution in [3.05, 3.63) is 90.0 Å². The van der Waals surface area contributed by atoms with E-state index in [0.29, 0.717) is 16.9 Å². The van der Waals surface area contributed by atoms with Crippen molar-refractivity contribution in [2.45, 2.75) is 11.4 Å². The van der Waals surface area contributed by atoms with Gasteiger partial charge in [-0.3, -0.25) is 4.79 Å². The molecule has 3 aromatic rings. The summed E-state index contributed by atoms with van der Waals surface area (Å²) in [5.74, 6) is -0.358. The first kappa shape index (κ1) is 23.7. The lowest BCUT2D eigenvalue weighted by molar-refractivity contribution is -0.112. The largest absolute Gasteiger partial charge is 0.397 e. The number of benzene rings is 3. The van der Waals surface area contributed by atoms with E-state index in [2.05, 4.69) is 22.3 Å². The van der Waals surface area contributed by atoms with Crippen LogP contribution < -0.4 is 11.1 Å². The number of hydrogen-bond donors (Lipinski definition) is 2. The lowest BCUT2D eigenvalue weighted by Crippen LogP contribution is -2.30. The predicted octanol–water partition coefficient (Wildman–Crippen LogP) is 3.57. The van der Waals surface area contributed by atoms with Gasteiger partial charge in [0.05, 0.1) is 16.3 Å². The molecule has 176 valence electrons. The van der Waals surface area contributed by atoms with E-state index in [1.54, 1.807) is 42.5 Å². The van der Waals surface area contributed by atoms with E-state index in [1.807, 2.05) is 38.4 Å². The average Bonchev–Trinajstić information content (AvgIpc) is 3.32. The molecule has 8 heteroatoms. The fourth-order valence-corrected chi connectivity index (χ4v) is 5.19. The van der Waals surface area contributed by atoms with Crippen LogP contribution in [0.2, 0.25) is 0 Å². The Bertz CT molecular complexity index is 1310. The van der Waals surface area contributed by atoms with Crippen molar-refractivity contribution >= 4 is 27.3 Å². The summed E-state index contributed by atoms with van der Waals surface area (Å²) in [6.07, 6.45) is 1.63. The van der Waals surface area contributed by atoms with E-state index < -0.39 is 10.0 Å². The molecule has 0 saturated carbocycles. The highest BCUT2D eigenvalue weighted by atomic mass is 32.2. The molecule has 0 atom stereocenters. The van der Waals surface area contributed by atoms with Gasteiger partial charge in [0, 0.05) is 25.2 Å². The second kappa shape index (κ2) is 9.80. The summed E-state index contributed by atoms with van der Waals surface area (Å²) in [4.78, 5) is 14.9. The van der Waals surface area contributed by atoms with Crippen LogP contribution in [0.25, 0.3) is 11.1 Å². The molecule has 0 fully saturated rings. The van der Waals surface area contributed by atoms with Gasteiger partial charge in [-0.05, 0) is 55.1 Å². The number of rotatable bonds is 7. The highest BCUT2D eigenvalue weighted by molar-refractivity contribution is 7.89. The van der Waals surface area contributed by atoms with Crippen LogP contribution in [0.3, 0.4) is 0 Å². The molecule has 7 nitrogen and oxygen atoms in total. The van der Waals surface area contributed by atoms with Crippen LogP contribution in [0.1, 0.15) is 5.56 Å². The average molecular weight is 477 g/mol. The lowest BCUT2D eigenvalue weighted by atomic mass is 10.0. The summed E-state index contributed by atoms with van der Waals surface area (Å²) in [6.45, 7) is 1.01. The first-order valence-corrected chi connectivity index (χ1v) is 12.4. The highest BCUT2D eigenvalue weighted by Gasteiger charge is 2.30. The van der Waals surface area contributed by atoms with Crippen molar-refractivity contribution in [2.75, 3.05) is 38.2 Å². The molecule has 3 aromatic carbocycles. The van der Waals surface area contributed by atoms with Gasteiger partial charge in [0.2, 0.25) is 10.0 Å². The molecule has 1 amide bonds. The Labute approximate surface area is 200 Å². The molecule has 4 rings (SSSR count). The number of nitrogens with two attached hydrogens (primary N) is 1. The van der Waals surface area contributed by atoms with Crippen LogP contribution >= 0.6 is 0 Å². The van der Waals surface area contributed by atoms with E-state index in [0.717, 1.165) is 17.7 Å². The minimum absolute atomic E-state index is 0.00991. The lowest BCUT2D eigenvalue weighted by Gasteiger charge is -2.17. The van der Waals surface area contributed by atoms with Gasteiger partial charge in [0.1, 0.15) is 0 Å². The monoisotopic (exact) mass is 476 g/mol. The van der Waals surface area contributed by atoms with Gasteiger partial charge in [-0.25, -0.2) is 8.42 Å². The zero-order chi connectivity index (χ0) is 24.3. The molecule has 1 heterocycles. The van der Waals surface area contributed by atoms with Gasteiger partial charge >= 0.3 is 0 Å². The van der Waals surface area contributed by atoms with E-state index in [4.69, 9.17) is 5.73 Å². The van der Waals surface area contributed by atoms with E-state index in [9.17, 15) is 13.2 Å². The number of nitrogens with zero attached hydrogens (tertiary/aromatic N) is 2. The van der Waals surface area contributed by atoms with Crippen LogP contribution in [-0.4, -0.2) is 50.7 Å². The fraction of sp³-hybridized carbons (Fsp3) is 0.192. The van der Waals surface area contributed by atoms with Gasteiger partial charge in [-0.15, -0.1) is 0 Å². The molecule has 0 spiro atoms. The molecule has 0 unspecified atom stereocenters. The van der Waals surface area contributed by atoms with Gasteiger partial charge in [0.25, 0.3) is 5.91 Å². The van der Waals surface area contributed by atoms with Crippen molar-refractivity contribution in [3.63, 3.8) is 0 Å². The molecule has 0 saturated heterocycles. The van der Waals surface area contributed by atoms with Crippen LogP contribution in [0, 0.1) is 0 Å². The number of carbonyl (C=O) groups excluding carboxylic acids is 1. The zero-order valence-corrected chi connectivity index (χ0v) is 20.0. The van der Waals surface area contributed by atoms with Gasteiger partial charge in [0.15, 0.2) is 0 Å². The summed E-state index contributed by atoms with van der Waals surface area (Å²) in [5.41, 5.74) is 10.4. The third-order valence-electron chi connectivity index (χ3n) is 5.67. The van der Waals surface area contributed by atoms with Crippen molar-refractivity contribution in [1.82, 2.24) is 9.21 Å². The number of amides is 1. The first-order chi connectivity index (χ1) is 16.2. The first-order valence-electron chi connectivity index (χ1n) is 10.9. The second-order valence-electron chi connectivity index (χ2n) is 8.53. The number of carbonyl (C=O) groups is 1. The van der Waals surface area contributed by atoms with E-state index in [-0.39, 0.29) is 23.9 Å². The fourth-order valence-electron chi connectivity index (χ4n) is 3.83. The van der Waals surface area contributed by atoms with Crippen molar-refractivity contribution in [3.8, 4) is 11.1 Å². The second-order valence-corrected chi connectivity index (χ2v) is 10.5. The predicted molar refractivity (Wildman–Crippen MR) is 136 cm³/mol. The maximum absolute atomic E-state index is 13.1. The Morgan fingerprint density at radius 1 is 0.971 bits per heavy atom. The quantitative estimate of drug-likeness (QED) is 0.509. The van der Waals surface area contributed by atoms with E-state index in [1.165, 1.54) is 9.87 Å². The molecule has 0 bridgehead atoms. The summed E-state index contributed by atoms with van der Waals surface area (Å²) < 4.78 is 27.6. The standard InChI is InChI=1S/C26H28N4O3S/c1-29(2)17-19-7-9-20(10-8-19)21-11-13-23(14-12-21)34(32,33)30-16-15-22(18-30)26(31)28-25-6-4-3-5-24(25)27/h3-15H,16-18,27H2,1-2H3,(H,28,31). The summed E-state index contributed by atoms with van der Waals surface area (Å²) in [5, 5.41) is 2.75. The highest BCUT2D eigenvalue weighted by Crippen LogP contribution is 2.26. The molecular formula is C26H28N4O3S. The third kappa shape index (κ3) is 5.20. The van der Waals surface area contributed by atoms with Crippen LogP contribution in [0.5, 0.6) is 0 Å². The molecular weight excluding hydrogens is 448 g/mol. The molecule has 0 aliphatic carbocycles. The Balaban J connectivity index is 1.42. The molecule has 1 aliphatic heterocycles. The number of nitrogen functional groups attached to an aromatic ring is 1. The van der Waals surface area contributed by atoms with Crippen molar-refractivity contribution in [1.29, 1.82) is 0 Å². The molecule has 0 aromatic heterocycles. The van der Waals surface area contributed by atoms with Crippen molar-refractivity contribution < 1.29 is 13.2 Å². The number of para-hydroxylation sites is 2. The molecule has 34 heavy (non-hydrogen) atoms. The Morgan fingerprint density at radius 2 is 1.59 bits per heavy atom. The Morgan fingerprint density at radius 3 is 2.21 bits per heavy atom. The van der Waals surface area contributed by atoms with Crippen LogP contribution in [0.4, 0.5) is 11.4 Å². The van der Waals surface area contributed by atoms with Gasteiger partial charge in [-0.2, -0.15) is 4.31 Å². The molecule has 0 radical (unpaired) electrons. The summed E-state index contributed by atoms with van der Waals surface area (Å²) in [7, 11) is 0.316. The maximum atomic E-state index is 13.1. The normalized spacial score (nSPS) is 14.3. The van der Waals surface area contributed by atoms with Crippen molar-refractivity contribution in [2.24, 2.45) is 0 Å². The van der Waals surface area contributed by atoms with E-state index >= 15 is 0 Å². The minimum atomic E-state index is -3.73. The SMILES string of the molecule is CN(C)Cc1ccc(-c2ccc(S(=O)(=O)N3CC=C(C(=O)Nc4ccccc4N)C3)cc2)cc1. The Hall–Kier alpha value is -3.46. The molecule has 3 N–H and O–H groups in total. The molecule has 1 aliphatic rings. The minimum Gasteiger partial charge on any atom is -0.397 e. The van der Waals surface area contributed by atoms with Gasteiger partial charge < -0.3 is 16.0 Å². The third-order valence-corrected chi connectivity index (χ3v) is 7.49. The zero-order valence-electron chi connectivity index (χ0n) is 19.2. The summed E-state index contributed by atoms with van der Waals surface area (Å²) in [6, 6.07) is 22.0. The number of nitrogens with one attached hydrogen (secondary N) is 1.